The fourth-order valence-corrected chi connectivity index (χ4v) is 3.07. The molecule has 1 aromatic heterocycles. The van der Waals surface area contributed by atoms with E-state index in [2.05, 4.69) is 15.3 Å². The van der Waals surface area contributed by atoms with Gasteiger partial charge in [-0.15, -0.1) is 0 Å². The normalized spacial score (nSPS) is 27.9. The van der Waals surface area contributed by atoms with E-state index in [1.165, 1.54) is 0 Å². The Kier molecular flexibility index (Phi) is 2.67. The summed E-state index contributed by atoms with van der Waals surface area (Å²) in [7, 11) is 0. The summed E-state index contributed by atoms with van der Waals surface area (Å²) < 4.78 is 5.55. The monoisotopic (exact) mass is 269 g/mol. The van der Waals surface area contributed by atoms with Gasteiger partial charge in [-0.05, 0) is 25.0 Å². The Balaban J connectivity index is 1.52. The first-order chi connectivity index (χ1) is 9.81. The molecule has 5 nitrogen and oxygen atoms in total. The average Bonchev–Trinajstić information content (AvgIpc) is 2.85. The van der Waals surface area contributed by atoms with Crippen LogP contribution in [-0.4, -0.2) is 34.6 Å². The summed E-state index contributed by atoms with van der Waals surface area (Å²) in [5.74, 6) is 0.339. The molecule has 1 aromatic carbocycles. The van der Waals surface area contributed by atoms with Crippen molar-refractivity contribution in [3.05, 3.63) is 36.2 Å². The van der Waals surface area contributed by atoms with E-state index in [4.69, 9.17) is 4.74 Å². The fraction of sp³-hybridized carbons (Fsp3) is 0.400. The van der Waals surface area contributed by atoms with Gasteiger partial charge in [0.2, 0.25) is 0 Å². The van der Waals surface area contributed by atoms with Crippen molar-refractivity contribution in [2.24, 2.45) is 5.92 Å². The lowest BCUT2D eigenvalue weighted by Gasteiger charge is -2.39. The molecule has 1 N–H and O–H groups in total. The number of amides is 1. The van der Waals surface area contributed by atoms with Gasteiger partial charge in [0.05, 0.1) is 23.3 Å². The van der Waals surface area contributed by atoms with Gasteiger partial charge in [0.1, 0.15) is 5.69 Å². The minimum atomic E-state index is -0.140. The van der Waals surface area contributed by atoms with Gasteiger partial charge in [0, 0.05) is 18.6 Å². The number of hydrogen-bond acceptors (Lipinski definition) is 4. The van der Waals surface area contributed by atoms with Crippen LogP contribution >= 0.6 is 0 Å². The van der Waals surface area contributed by atoms with Crippen LogP contribution < -0.4 is 5.32 Å². The SMILES string of the molecule is O=C(N[C@H]1C[C@@H]2OCC[C@H]12)c1cnc2ccccc2n1. The van der Waals surface area contributed by atoms with E-state index in [9.17, 15) is 4.79 Å². The maximum Gasteiger partial charge on any atom is 0.271 e. The zero-order valence-electron chi connectivity index (χ0n) is 11.0. The number of nitrogens with zero attached hydrogens (tertiary/aromatic N) is 2. The molecule has 102 valence electrons. The molecule has 0 spiro atoms. The van der Waals surface area contributed by atoms with Crippen LogP contribution in [0.3, 0.4) is 0 Å². The van der Waals surface area contributed by atoms with Crippen molar-refractivity contribution < 1.29 is 9.53 Å². The number of para-hydroxylation sites is 2. The second-order valence-corrected chi connectivity index (χ2v) is 5.42. The third kappa shape index (κ3) is 1.86. The molecule has 1 aliphatic carbocycles. The van der Waals surface area contributed by atoms with Crippen LogP contribution in [-0.2, 0) is 4.74 Å². The number of hydrogen-bond donors (Lipinski definition) is 1. The molecule has 1 aliphatic heterocycles. The number of benzene rings is 1. The van der Waals surface area contributed by atoms with Gasteiger partial charge in [0.25, 0.3) is 5.91 Å². The lowest BCUT2D eigenvalue weighted by Crippen LogP contribution is -2.53. The Morgan fingerprint density at radius 1 is 1.30 bits per heavy atom. The maximum absolute atomic E-state index is 12.2. The molecule has 0 radical (unpaired) electrons. The van der Waals surface area contributed by atoms with E-state index in [-0.39, 0.29) is 11.9 Å². The second kappa shape index (κ2) is 4.52. The van der Waals surface area contributed by atoms with Gasteiger partial charge in [-0.25, -0.2) is 4.98 Å². The largest absolute Gasteiger partial charge is 0.378 e. The summed E-state index contributed by atoms with van der Waals surface area (Å²) in [6.07, 6.45) is 3.85. The molecule has 20 heavy (non-hydrogen) atoms. The number of carbonyl (C=O) groups excluding carboxylic acids is 1. The molecule has 5 heteroatoms. The highest BCUT2D eigenvalue weighted by atomic mass is 16.5. The van der Waals surface area contributed by atoms with Crippen molar-refractivity contribution in [1.82, 2.24) is 15.3 Å². The lowest BCUT2D eigenvalue weighted by atomic mass is 9.76. The first-order valence-electron chi connectivity index (χ1n) is 6.95. The van der Waals surface area contributed by atoms with Crippen molar-refractivity contribution in [2.75, 3.05) is 6.61 Å². The topological polar surface area (TPSA) is 64.1 Å². The van der Waals surface area contributed by atoms with E-state index in [1.807, 2.05) is 24.3 Å². The van der Waals surface area contributed by atoms with Crippen molar-refractivity contribution in [3.63, 3.8) is 0 Å². The second-order valence-electron chi connectivity index (χ2n) is 5.42. The average molecular weight is 269 g/mol. The zero-order valence-corrected chi connectivity index (χ0v) is 11.0. The summed E-state index contributed by atoms with van der Waals surface area (Å²) in [6, 6.07) is 7.78. The van der Waals surface area contributed by atoms with Crippen LogP contribution in [0.4, 0.5) is 0 Å². The Morgan fingerprint density at radius 2 is 2.15 bits per heavy atom. The molecule has 0 unspecified atom stereocenters. The van der Waals surface area contributed by atoms with Crippen molar-refractivity contribution >= 4 is 16.9 Å². The van der Waals surface area contributed by atoms with Crippen LogP contribution in [0.2, 0.25) is 0 Å². The summed E-state index contributed by atoms with van der Waals surface area (Å²) in [5.41, 5.74) is 1.93. The smallest absolute Gasteiger partial charge is 0.271 e. The number of rotatable bonds is 2. The highest BCUT2D eigenvalue weighted by Gasteiger charge is 2.45. The number of aromatic nitrogens is 2. The van der Waals surface area contributed by atoms with Crippen molar-refractivity contribution in [3.8, 4) is 0 Å². The zero-order chi connectivity index (χ0) is 13.5. The van der Waals surface area contributed by atoms with E-state index >= 15 is 0 Å². The highest BCUT2D eigenvalue weighted by molar-refractivity contribution is 5.94. The predicted octanol–water partition coefficient (Wildman–Crippen LogP) is 1.54. The Morgan fingerprint density at radius 3 is 3.00 bits per heavy atom. The van der Waals surface area contributed by atoms with Gasteiger partial charge in [-0.2, -0.15) is 0 Å². The van der Waals surface area contributed by atoms with Crippen LogP contribution in [0.1, 0.15) is 23.3 Å². The number of ether oxygens (including phenoxy) is 1. The van der Waals surface area contributed by atoms with Gasteiger partial charge < -0.3 is 10.1 Å². The third-order valence-corrected chi connectivity index (χ3v) is 4.26. The summed E-state index contributed by atoms with van der Waals surface area (Å²) in [6.45, 7) is 0.817. The van der Waals surface area contributed by atoms with Crippen LogP contribution in [0.25, 0.3) is 11.0 Å². The lowest BCUT2D eigenvalue weighted by molar-refractivity contribution is 0.00802. The minimum absolute atomic E-state index is 0.140. The molecular weight excluding hydrogens is 254 g/mol. The third-order valence-electron chi connectivity index (χ3n) is 4.26. The van der Waals surface area contributed by atoms with Crippen LogP contribution in [0, 0.1) is 5.92 Å². The molecule has 2 aromatic rings. The highest BCUT2D eigenvalue weighted by Crippen LogP contribution is 2.38. The molecule has 3 atom stereocenters. The summed E-state index contributed by atoms with van der Waals surface area (Å²) >= 11 is 0. The van der Waals surface area contributed by atoms with Gasteiger partial charge in [-0.3, -0.25) is 9.78 Å². The number of carbonyl (C=O) groups is 1. The predicted molar refractivity (Wildman–Crippen MR) is 73.3 cm³/mol. The van der Waals surface area contributed by atoms with Gasteiger partial charge in [0.15, 0.2) is 0 Å². The molecule has 1 saturated heterocycles. The molecule has 2 fully saturated rings. The molecule has 2 aliphatic rings. The molecule has 4 rings (SSSR count). The van der Waals surface area contributed by atoms with Crippen molar-refractivity contribution in [1.29, 1.82) is 0 Å². The fourth-order valence-electron chi connectivity index (χ4n) is 3.07. The summed E-state index contributed by atoms with van der Waals surface area (Å²) in [4.78, 5) is 20.9. The Labute approximate surface area is 116 Å². The minimum Gasteiger partial charge on any atom is -0.378 e. The summed E-state index contributed by atoms with van der Waals surface area (Å²) in [5, 5.41) is 3.05. The van der Waals surface area contributed by atoms with Crippen LogP contribution in [0.5, 0.6) is 0 Å². The van der Waals surface area contributed by atoms with Crippen LogP contribution in [0.15, 0.2) is 30.5 Å². The van der Waals surface area contributed by atoms with E-state index in [0.717, 1.165) is 30.5 Å². The van der Waals surface area contributed by atoms with E-state index in [0.29, 0.717) is 17.7 Å². The quantitative estimate of drug-likeness (QED) is 0.898. The number of fused-ring (bicyclic) bond motifs is 2. The standard InChI is InChI=1S/C15H15N3O2/c19-15(18-12-7-14-9(12)5-6-20-14)13-8-16-10-3-1-2-4-11(10)17-13/h1-4,8-9,12,14H,5-7H2,(H,18,19)/t9-,12+,14+/m1/s1. The molecule has 1 amide bonds. The van der Waals surface area contributed by atoms with Gasteiger partial charge in [-0.1, -0.05) is 12.1 Å². The maximum atomic E-state index is 12.2. The van der Waals surface area contributed by atoms with E-state index in [1.54, 1.807) is 6.20 Å². The first-order valence-corrected chi connectivity index (χ1v) is 6.95. The Hall–Kier alpha value is -2.01. The van der Waals surface area contributed by atoms with Crippen molar-refractivity contribution in [2.45, 2.75) is 25.0 Å². The molecule has 1 saturated carbocycles. The first kappa shape index (κ1) is 11.8. The number of nitrogens with one attached hydrogen (secondary N) is 1. The molecular formula is C15H15N3O2. The molecule has 2 heterocycles. The molecule has 0 bridgehead atoms. The van der Waals surface area contributed by atoms with E-state index < -0.39 is 0 Å². The van der Waals surface area contributed by atoms with Gasteiger partial charge >= 0.3 is 0 Å². The Bertz CT molecular complexity index is 673.